The standard InChI is InChI=1S/C22H24N4O4/c1-25-16-7-4-3-6-15(16)24-21(25)17-8-5-11-26(17)22(28)14-9-10-18(19(12-14)29-2)30-13-20(23)27/h3-4,6-7,9-10,12,17H,5,8,11,13H2,1-2H3,(H2,23,27). The van der Waals surface area contributed by atoms with Crippen LogP contribution < -0.4 is 15.2 Å². The number of primary amides is 1. The van der Waals surface area contributed by atoms with Gasteiger partial charge in [0.25, 0.3) is 11.8 Å². The molecule has 1 saturated heterocycles. The number of nitrogens with zero attached hydrogens (tertiary/aromatic N) is 3. The first-order valence-corrected chi connectivity index (χ1v) is 9.81. The van der Waals surface area contributed by atoms with Crippen LogP contribution >= 0.6 is 0 Å². The molecular formula is C22H24N4O4. The number of aromatic nitrogens is 2. The van der Waals surface area contributed by atoms with Crippen LogP contribution in [-0.2, 0) is 11.8 Å². The van der Waals surface area contributed by atoms with Gasteiger partial charge in [-0.05, 0) is 43.2 Å². The number of benzene rings is 2. The van der Waals surface area contributed by atoms with Crippen molar-refractivity contribution in [3.8, 4) is 11.5 Å². The fourth-order valence-electron chi connectivity index (χ4n) is 3.97. The summed E-state index contributed by atoms with van der Waals surface area (Å²) in [7, 11) is 3.47. The Labute approximate surface area is 174 Å². The van der Waals surface area contributed by atoms with Gasteiger partial charge in [-0.1, -0.05) is 12.1 Å². The van der Waals surface area contributed by atoms with E-state index in [0.717, 1.165) is 29.7 Å². The fraction of sp³-hybridized carbons (Fsp3) is 0.318. The first-order chi connectivity index (χ1) is 14.5. The van der Waals surface area contributed by atoms with Crippen molar-refractivity contribution in [3.63, 3.8) is 0 Å². The molecule has 1 aliphatic rings. The molecule has 1 unspecified atom stereocenters. The quantitative estimate of drug-likeness (QED) is 0.675. The van der Waals surface area contributed by atoms with E-state index in [1.807, 2.05) is 36.2 Å². The number of methoxy groups -OCH3 is 1. The Morgan fingerprint density at radius 3 is 2.73 bits per heavy atom. The molecule has 1 aromatic heterocycles. The van der Waals surface area contributed by atoms with E-state index in [0.29, 0.717) is 23.6 Å². The molecule has 2 heterocycles. The smallest absolute Gasteiger partial charge is 0.255 e. The molecule has 0 aliphatic carbocycles. The van der Waals surface area contributed by atoms with Crippen molar-refractivity contribution in [3.05, 3.63) is 53.9 Å². The molecule has 0 spiro atoms. The first-order valence-electron chi connectivity index (χ1n) is 9.81. The summed E-state index contributed by atoms with van der Waals surface area (Å²) in [4.78, 5) is 30.9. The van der Waals surface area contributed by atoms with Crippen molar-refractivity contribution in [2.24, 2.45) is 12.8 Å². The summed E-state index contributed by atoms with van der Waals surface area (Å²) in [6.45, 7) is 0.402. The molecule has 1 atom stereocenters. The number of ether oxygens (including phenoxy) is 2. The van der Waals surface area contributed by atoms with Gasteiger partial charge in [-0.3, -0.25) is 9.59 Å². The van der Waals surface area contributed by atoms with Gasteiger partial charge in [-0.15, -0.1) is 0 Å². The number of likely N-dealkylation sites (tertiary alicyclic amines) is 1. The summed E-state index contributed by atoms with van der Waals surface area (Å²) >= 11 is 0. The van der Waals surface area contributed by atoms with Gasteiger partial charge < -0.3 is 24.7 Å². The third-order valence-electron chi connectivity index (χ3n) is 5.41. The van der Waals surface area contributed by atoms with Crippen molar-refractivity contribution in [2.75, 3.05) is 20.3 Å². The molecule has 0 radical (unpaired) electrons. The summed E-state index contributed by atoms with van der Waals surface area (Å²) in [6.07, 6.45) is 1.77. The van der Waals surface area contributed by atoms with Crippen LogP contribution in [0.3, 0.4) is 0 Å². The zero-order valence-electron chi connectivity index (χ0n) is 17.0. The topological polar surface area (TPSA) is 99.7 Å². The SMILES string of the molecule is COc1cc(C(=O)N2CCCC2c2nc3ccccc3n2C)ccc1OCC(N)=O. The summed E-state index contributed by atoms with van der Waals surface area (Å²) in [6, 6.07) is 12.8. The molecule has 2 aromatic carbocycles. The Balaban J connectivity index is 1.62. The van der Waals surface area contributed by atoms with Crippen molar-refractivity contribution in [1.82, 2.24) is 14.5 Å². The van der Waals surface area contributed by atoms with Crippen molar-refractivity contribution in [2.45, 2.75) is 18.9 Å². The number of hydrogen-bond donors (Lipinski definition) is 1. The number of rotatable bonds is 6. The number of aryl methyl sites for hydroxylation is 1. The van der Waals surface area contributed by atoms with E-state index in [1.54, 1.807) is 18.2 Å². The van der Waals surface area contributed by atoms with Gasteiger partial charge in [-0.2, -0.15) is 0 Å². The molecule has 3 aromatic rings. The summed E-state index contributed by atoms with van der Waals surface area (Å²) in [5, 5.41) is 0. The predicted molar refractivity (Wildman–Crippen MR) is 111 cm³/mol. The van der Waals surface area contributed by atoms with E-state index >= 15 is 0 Å². The monoisotopic (exact) mass is 408 g/mol. The lowest BCUT2D eigenvalue weighted by Gasteiger charge is -2.25. The second kappa shape index (κ2) is 8.06. The molecule has 156 valence electrons. The molecule has 30 heavy (non-hydrogen) atoms. The molecule has 1 aliphatic heterocycles. The van der Waals surface area contributed by atoms with Gasteiger partial charge in [0.15, 0.2) is 18.1 Å². The number of imidazole rings is 1. The highest BCUT2D eigenvalue weighted by Crippen LogP contribution is 2.35. The molecule has 0 saturated carbocycles. The summed E-state index contributed by atoms with van der Waals surface area (Å²) < 4.78 is 12.8. The van der Waals surface area contributed by atoms with E-state index in [9.17, 15) is 9.59 Å². The van der Waals surface area contributed by atoms with E-state index < -0.39 is 5.91 Å². The average molecular weight is 408 g/mol. The molecule has 8 heteroatoms. The van der Waals surface area contributed by atoms with Crippen molar-refractivity contribution < 1.29 is 19.1 Å². The molecule has 2 N–H and O–H groups in total. The maximum atomic E-state index is 13.3. The summed E-state index contributed by atoms with van der Waals surface area (Å²) in [5.74, 6) is 0.945. The van der Waals surface area contributed by atoms with Gasteiger partial charge in [0.05, 0.1) is 24.2 Å². The van der Waals surface area contributed by atoms with Crippen molar-refractivity contribution in [1.29, 1.82) is 0 Å². The van der Waals surface area contributed by atoms with Gasteiger partial charge in [0, 0.05) is 19.2 Å². The Kier molecular flexibility index (Phi) is 5.31. The maximum Gasteiger partial charge on any atom is 0.255 e. The van der Waals surface area contributed by atoms with E-state index in [-0.39, 0.29) is 18.6 Å². The van der Waals surface area contributed by atoms with Crippen LogP contribution in [0.2, 0.25) is 0 Å². The zero-order valence-corrected chi connectivity index (χ0v) is 17.0. The zero-order chi connectivity index (χ0) is 21.3. The lowest BCUT2D eigenvalue weighted by molar-refractivity contribution is -0.119. The molecule has 2 amide bonds. The molecular weight excluding hydrogens is 384 g/mol. The highest BCUT2D eigenvalue weighted by molar-refractivity contribution is 5.95. The highest BCUT2D eigenvalue weighted by Gasteiger charge is 2.34. The Hall–Kier alpha value is -3.55. The van der Waals surface area contributed by atoms with Gasteiger partial charge in [0.1, 0.15) is 5.82 Å². The molecule has 4 rings (SSSR count). The van der Waals surface area contributed by atoms with Gasteiger partial charge >= 0.3 is 0 Å². The van der Waals surface area contributed by atoms with E-state index in [1.165, 1.54) is 7.11 Å². The van der Waals surface area contributed by atoms with E-state index in [2.05, 4.69) is 4.57 Å². The molecule has 0 bridgehead atoms. The van der Waals surface area contributed by atoms with Crippen LogP contribution in [0, 0.1) is 0 Å². The third kappa shape index (κ3) is 3.56. The number of fused-ring (bicyclic) bond motifs is 1. The van der Waals surface area contributed by atoms with Gasteiger partial charge in [0.2, 0.25) is 0 Å². The largest absolute Gasteiger partial charge is 0.493 e. The third-order valence-corrected chi connectivity index (χ3v) is 5.41. The average Bonchev–Trinajstić information content (AvgIpc) is 3.36. The Morgan fingerprint density at radius 2 is 2.00 bits per heavy atom. The number of para-hydroxylation sites is 2. The van der Waals surface area contributed by atoms with Crippen LogP contribution in [0.1, 0.15) is 35.1 Å². The molecule has 1 fully saturated rings. The van der Waals surface area contributed by atoms with Crippen molar-refractivity contribution >= 4 is 22.8 Å². The lowest BCUT2D eigenvalue weighted by Crippen LogP contribution is -2.31. The number of hydrogen-bond acceptors (Lipinski definition) is 5. The van der Waals surface area contributed by atoms with Crippen LogP contribution in [0.25, 0.3) is 11.0 Å². The minimum absolute atomic E-state index is 0.0910. The summed E-state index contributed by atoms with van der Waals surface area (Å²) in [5.41, 5.74) is 7.59. The Bertz CT molecular complexity index is 1110. The van der Waals surface area contributed by atoms with Gasteiger partial charge in [-0.25, -0.2) is 4.98 Å². The highest BCUT2D eigenvalue weighted by atomic mass is 16.5. The maximum absolute atomic E-state index is 13.3. The predicted octanol–water partition coefficient (Wildman–Crippen LogP) is 2.42. The van der Waals surface area contributed by atoms with E-state index in [4.69, 9.17) is 20.2 Å². The number of carbonyl (C=O) groups excluding carboxylic acids is 2. The second-order valence-electron chi connectivity index (χ2n) is 7.29. The lowest BCUT2D eigenvalue weighted by atomic mass is 10.1. The van der Waals surface area contributed by atoms with Crippen LogP contribution in [0.15, 0.2) is 42.5 Å². The van der Waals surface area contributed by atoms with Crippen LogP contribution in [0.4, 0.5) is 0 Å². The Morgan fingerprint density at radius 1 is 1.20 bits per heavy atom. The number of nitrogens with two attached hydrogens (primary N) is 1. The minimum atomic E-state index is -0.584. The van der Waals surface area contributed by atoms with Crippen LogP contribution in [0.5, 0.6) is 11.5 Å². The number of carbonyl (C=O) groups is 2. The number of amides is 2. The normalized spacial score (nSPS) is 16.1. The first kappa shape index (κ1) is 19.8. The fourth-order valence-corrected chi connectivity index (χ4v) is 3.97. The second-order valence-corrected chi connectivity index (χ2v) is 7.29. The minimum Gasteiger partial charge on any atom is -0.493 e. The molecule has 8 nitrogen and oxygen atoms in total. The van der Waals surface area contributed by atoms with Crippen LogP contribution in [-0.4, -0.2) is 46.5 Å².